The van der Waals surface area contributed by atoms with E-state index in [4.69, 9.17) is 16.3 Å². The number of nitrogens with one attached hydrogen (secondary N) is 2. The monoisotopic (exact) mass is 378 g/mol. The lowest BCUT2D eigenvalue weighted by atomic mass is 9.86. The van der Waals surface area contributed by atoms with E-state index in [1.165, 1.54) is 18.6 Å². The van der Waals surface area contributed by atoms with Gasteiger partial charge in [-0.3, -0.25) is 10.1 Å². The average molecular weight is 379 g/mol. The summed E-state index contributed by atoms with van der Waals surface area (Å²) in [5, 5.41) is 5.53. The summed E-state index contributed by atoms with van der Waals surface area (Å²) in [6.45, 7) is 1.56. The minimum absolute atomic E-state index is 0.0692. The van der Waals surface area contributed by atoms with Gasteiger partial charge in [0.2, 0.25) is 0 Å². The molecule has 0 aromatic heterocycles. The van der Waals surface area contributed by atoms with Crippen LogP contribution in [0.25, 0.3) is 6.08 Å². The molecule has 0 saturated heterocycles. The molecule has 0 spiro atoms. The topological polar surface area (TPSA) is 84.5 Å². The zero-order chi connectivity index (χ0) is 18.9. The van der Waals surface area contributed by atoms with Crippen molar-refractivity contribution in [3.05, 3.63) is 40.9 Å². The van der Waals surface area contributed by atoms with Gasteiger partial charge in [0.05, 0.1) is 0 Å². The smallest absolute Gasteiger partial charge is 0.331 e. The normalized spacial score (nSPS) is 19.8. The van der Waals surface area contributed by atoms with E-state index in [0.717, 1.165) is 24.8 Å². The molecule has 7 heteroatoms. The Hall–Kier alpha value is -2.34. The van der Waals surface area contributed by atoms with Crippen molar-refractivity contribution in [3.63, 3.8) is 0 Å². The summed E-state index contributed by atoms with van der Waals surface area (Å²) in [5.41, 5.74) is 0.736. The van der Waals surface area contributed by atoms with E-state index in [0.29, 0.717) is 10.9 Å². The zero-order valence-corrected chi connectivity index (χ0v) is 15.4. The first-order valence-corrected chi connectivity index (χ1v) is 9.02. The van der Waals surface area contributed by atoms with Crippen molar-refractivity contribution in [1.82, 2.24) is 10.6 Å². The molecule has 1 aliphatic carbocycles. The molecule has 0 radical (unpaired) electrons. The summed E-state index contributed by atoms with van der Waals surface area (Å²) in [6.07, 6.45) is 6.94. The Morgan fingerprint density at radius 3 is 2.77 bits per heavy atom. The fourth-order valence-electron chi connectivity index (χ4n) is 2.86. The van der Waals surface area contributed by atoms with Crippen LogP contribution in [0.15, 0.2) is 30.3 Å². The standard InChI is InChI=1S/C19H23ClN2O4/c1-13-5-2-3-8-16(13)21-19(25)22-17(23)12-26-18(24)10-9-14-6-4-7-15(20)11-14/h4,6-7,9-11,13,16H,2-3,5,8,12H2,1H3,(H2,21,22,23,25)/b10-9+/t13-,16-/m1/s1. The van der Waals surface area contributed by atoms with Gasteiger partial charge in [0.1, 0.15) is 0 Å². The molecule has 1 aliphatic rings. The number of amides is 3. The van der Waals surface area contributed by atoms with Crippen LogP contribution >= 0.6 is 11.6 Å². The molecular formula is C19H23ClN2O4. The first-order valence-electron chi connectivity index (χ1n) is 8.65. The maximum absolute atomic E-state index is 11.8. The first-order chi connectivity index (χ1) is 12.4. The number of carbonyl (C=O) groups excluding carboxylic acids is 3. The number of halogens is 1. The molecule has 0 unspecified atom stereocenters. The van der Waals surface area contributed by atoms with Gasteiger partial charge in [0.25, 0.3) is 5.91 Å². The highest BCUT2D eigenvalue weighted by molar-refractivity contribution is 6.30. The highest BCUT2D eigenvalue weighted by atomic mass is 35.5. The van der Waals surface area contributed by atoms with Crippen molar-refractivity contribution in [2.75, 3.05) is 6.61 Å². The number of urea groups is 1. The highest BCUT2D eigenvalue weighted by Gasteiger charge is 2.23. The van der Waals surface area contributed by atoms with Crippen LogP contribution in [-0.4, -0.2) is 30.6 Å². The Balaban J connectivity index is 1.70. The Labute approximate surface area is 157 Å². The van der Waals surface area contributed by atoms with Crippen LogP contribution in [0.2, 0.25) is 5.02 Å². The van der Waals surface area contributed by atoms with E-state index in [9.17, 15) is 14.4 Å². The average Bonchev–Trinajstić information content (AvgIpc) is 2.60. The Morgan fingerprint density at radius 1 is 1.27 bits per heavy atom. The van der Waals surface area contributed by atoms with Crippen molar-refractivity contribution >= 4 is 35.6 Å². The van der Waals surface area contributed by atoms with Crippen molar-refractivity contribution < 1.29 is 19.1 Å². The zero-order valence-electron chi connectivity index (χ0n) is 14.7. The van der Waals surface area contributed by atoms with Crippen LogP contribution in [0.4, 0.5) is 4.79 Å². The van der Waals surface area contributed by atoms with E-state index in [2.05, 4.69) is 17.6 Å². The number of benzene rings is 1. The molecule has 2 rings (SSSR count). The largest absolute Gasteiger partial charge is 0.452 e. The van der Waals surface area contributed by atoms with Crippen LogP contribution in [0, 0.1) is 5.92 Å². The van der Waals surface area contributed by atoms with Gasteiger partial charge in [-0.2, -0.15) is 0 Å². The summed E-state index contributed by atoms with van der Waals surface area (Å²) in [5.74, 6) is -0.962. The van der Waals surface area contributed by atoms with Crippen molar-refractivity contribution in [3.8, 4) is 0 Å². The first kappa shape index (κ1) is 20.0. The second kappa shape index (κ2) is 9.97. The van der Waals surface area contributed by atoms with Gasteiger partial charge in [0, 0.05) is 17.1 Å². The van der Waals surface area contributed by atoms with E-state index in [-0.39, 0.29) is 6.04 Å². The lowest BCUT2D eigenvalue weighted by molar-refractivity contribution is -0.143. The molecule has 3 amide bonds. The molecule has 26 heavy (non-hydrogen) atoms. The second-order valence-corrected chi connectivity index (χ2v) is 6.82. The molecule has 1 aromatic carbocycles. The van der Waals surface area contributed by atoms with Crippen molar-refractivity contribution in [2.45, 2.75) is 38.6 Å². The molecule has 0 bridgehead atoms. The SMILES string of the molecule is C[C@@H]1CCCC[C@H]1NC(=O)NC(=O)COC(=O)/C=C/c1cccc(Cl)c1. The van der Waals surface area contributed by atoms with Gasteiger partial charge >= 0.3 is 12.0 Å². The fraction of sp³-hybridized carbons (Fsp3) is 0.421. The Bertz CT molecular complexity index is 690. The van der Waals surface area contributed by atoms with E-state index in [1.54, 1.807) is 24.3 Å². The van der Waals surface area contributed by atoms with Crippen molar-refractivity contribution in [2.24, 2.45) is 5.92 Å². The Morgan fingerprint density at radius 2 is 2.04 bits per heavy atom. The highest BCUT2D eigenvalue weighted by Crippen LogP contribution is 2.23. The molecule has 140 valence electrons. The number of ether oxygens (including phenoxy) is 1. The minimum Gasteiger partial charge on any atom is -0.452 e. The van der Waals surface area contributed by atoms with Gasteiger partial charge in [0.15, 0.2) is 6.61 Å². The summed E-state index contributed by atoms with van der Waals surface area (Å²) in [4.78, 5) is 35.2. The third-order valence-corrected chi connectivity index (χ3v) is 4.52. The predicted octanol–water partition coefficient (Wildman–Crippen LogP) is 3.30. The molecular weight excluding hydrogens is 356 g/mol. The lowest BCUT2D eigenvalue weighted by Crippen LogP contribution is -2.48. The maximum atomic E-state index is 11.8. The van der Waals surface area contributed by atoms with Crippen LogP contribution in [0.1, 0.15) is 38.2 Å². The summed E-state index contributed by atoms with van der Waals surface area (Å²) in [6, 6.07) is 6.46. The number of rotatable bonds is 5. The van der Waals surface area contributed by atoms with E-state index in [1.807, 2.05) is 0 Å². The van der Waals surface area contributed by atoms with Gasteiger partial charge < -0.3 is 10.1 Å². The molecule has 6 nitrogen and oxygen atoms in total. The quantitative estimate of drug-likeness (QED) is 0.608. The number of hydrogen-bond acceptors (Lipinski definition) is 4. The van der Waals surface area contributed by atoms with Crippen LogP contribution < -0.4 is 10.6 Å². The predicted molar refractivity (Wildman–Crippen MR) is 99.5 cm³/mol. The molecule has 2 atom stereocenters. The van der Waals surface area contributed by atoms with Crippen molar-refractivity contribution in [1.29, 1.82) is 0 Å². The third-order valence-electron chi connectivity index (χ3n) is 4.29. The van der Waals surface area contributed by atoms with Crippen LogP contribution in [-0.2, 0) is 14.3 Å². The molecule has 1 saturated carbocycles. The minimum atomic E-state index is -0.679. The van der Waals surface area contributed by atoms with Gasteiger partial charge in [-0.25, -0.2) is 9.59 Å². The van der Waals surface area contributed by atoms with E-state index < -0.39 is 24.5 Å². The lowest BCUT2D eigenvalue weighted by Gasteiger charge is -2.29. The maximum Gasteiger partial charge on any atom is 0.331 e. The number of esters is 1. The fourth-order valence-corrected chi connectivity index (χ4v) is 3.06. The van der Waals surface area contributed by atoms with Gasteiger partial charge in [-0.1, -0.05) is 43.5 Å². The summed E-state index contributed by atoms with van der Waals surface area (Å²) < 4.78 is 4.82. The summed E-state index contributed by atoms with van der Waals surface area (Å²) >= 11 is 5.85. The molecule has 2 N–H and O–H groups in total. The number of carbonyl (C=O) groups is 3. The second-order valence-electron chi connectivity index (χ2n) is 6.39. The molecule has 0 heterocycles. The molecule has 1 aromatic rings. The van der Waals surface area contributed by atoms with Crippen LogP contribution in [0.3, 0.4) is 0 Å². The van der Waals surface area contributed by atoms with Gasteiger partial charge in [-0.15, -0.1) is 0 Å². The third kappa shape index (κ3) is 6.88. The molecule has 0 aliphatic heterocycles. The van der Waals surface area contributed by atoms with Gasteiger partial charge in [-0.05, 0) is 42.5 Å². The molecule has 1 fully saturated rings. The number of hydrogen-bond donors (Lipinski definition) is 2. The Kier molecular flexibility index (Phi) is 7.66. The van der Waals surface area contributed by atoms with E-state index >= 15 is 0 Å². The summed E-state index contributed by atoms with van der Waals surface area (Å²) in [7, 11) is 0. The van der Waals surface area contributed by atoms with Crippen LogP contribution in [0.5, 0.6) is 0 Å². The number of imide groups is 1.